The topological polar surface area (TPSA) is 60.2 Å². The zero-order valence-electron chi connectivity index (χ0n) is 14.1. The number of benzene rings is 2. The summed E-state index contributed by atoms with van der Waals surface area (Å²) in [4.78, 5) is -0.512. The van der Waals surface area contributed by atoms with E-state index in [4.69, 9.17) is 4.52 Å². The van der Waals surface area contributed by atoms with Gasteiger partial charge in [0.1, 0.15) is 16.4 Å². The summed E-state index contributed by atoms with van der Waals surface area (Å²) in [7, 11) is -3.79. The molecule has 2 aromatic carbocycles. The van der Waals surface area contributed by atoms with Gasteiger partial charge in [0.15, 0.2) is 9.84 Å². The van der Waals surface area contributed by atoms with Crippen LogP contribution in [0.5, 0.6) is 0 Å². The lowest BCUT2D eigenvalue weighted by molar-refractivity contribution is 0.113. The maximum absolute atomic E-state index is 14.3. The number of rotatable bonds is 4. The Morgan fingerprint density at radius 1 is 1.11 bits per heavy atom. The van der Waals surface area contributed by atoms with Gasteiger partial charge in [0.25, 0.3) is 6.43 Å². The van der Waals surface area contributed by atoms with Crippen molar-refractivity contribution in [1.29, 1.82) is 0 Å². The van der Waals surface area contributed by atoms with Crippen LogP contribution >= 0.6 is 15.9 Å². The molecule has 0 atom stereocenters. The predicted octanol–water partition coefficient (Wildman–Crippen LogP) is 5.56. The van der Waals surface area contributed by atoms with E-state index in [1.54, 1.807) is 18.2 Å². The van der Waals surface area contributed by atoms with E-state index < -0.39 is 32.7 Å². The van der Waals surface area contributed by atoms with Crippen LogP contribution in [-0.2, 0) is 9.84 Å². The predicted molar refractivity (Wildman–Crippen MR) is 97.8 cm³/mol. The third-order valence-corrected chi connectivity index (χ3v) is 5.99. The minimum Gasteiger partial charge on any atom is -0.354 e. The van der Waals surface area contributed by atoms with Crippen molar-refractivity contribution < 1.29 is 26.1 Å². The van der Waals surface area contributed by atoms with Crippen LogP contribution in [0.1, 0.15) is 17.7 Å². The summed E-state index contributed by atoms with van der Waals surface area (Å²) in [6.45, 7) is 1.82. The van der Waals surface area contributed by atoms with Crippen molar-refractivity contribution in [3.05, 3.63) is 58.0 Å². The number of alkyl halides is 2. The van der Waals surface area contributed by atoms with Crippen molar-refractivity contribution in [3.63, 3.8) is 0 Å². The van der Waals surface area contributed by atoms with Crippen LogP contribution in [-0.4, -0.2) is 19.8 Å². The van der Waals surface area contributed by atoms with Gasteiger partial charge in [-0.2, -0.15) is 0 Å². The maximum Gasteiger partial charge on any atom is 0.298 e. The van der Waals surface area contributed by atoms with Crippen molar-refractivity contribution in [3.8, 4) is 22.4 Å². The Kier molecular flexibility index (Phi) is 5.18. The molecule has 0 amide bonds. The Balaban J connectivity index is 2.24. The summed E-state index contributed by atoms with van der Waals surface area (Å²) in [6, 6.07) is 8.31. The molecule has 0 unspecified atom stereocenters. The smallest absolute Gasteiger partial charge is 0.298 e. The summed E-state index contributed by atoms with van der Waals surface area (Å²) in [6.07, 6.45) is -2.11. The number of sulfone groups is 1. The number of hydrogen-bond donors (Lipinski definition) is 0. The largest absolute Gasteiger partial charge is 0.354 e. The first kappa shape index (κ1) is 19.6. The first-order valence-corrected chi connectivity index (χ1v) is 10.3. The van der Waals surface area contributed by atoms with Gasteiger partial charge in [-0.05, 0) is 42.3 Å². The van der Waals surface area contributed by atoms with Gasteiger partial charge in [-0.15, -0.1) is 0 Å². The second kappa shape index (κ2) is 7.12. The highest BCUT2D eigenvalue weighted by Crippen LogP contribution is 2.40. The quantitative estimate of drug-likeness (QED) is 0.512. The normalized spacial score (nSPS) is 12.0. The van der Waals surface area contributed by atoms with Crippen LogP contribution < -0.4 is 0 Å². The molecule has 0 saturated heterocycles. The van der Waals surface area contributed by atoms with Gasteiger partial charge in [-0.25, -0.2) is 21.6 Å². The van der Waals surface area contributed by atoms with Crippen LogP contribution in [0.25, 0.3) is 22.4 Å². The molecular formula is C18H13BrF3NO3S. The SMILES string of the molecule is Cc1cc(-c2noc(C(F)F)c2-c2ccc(S(C)(=O)=O)c(F)c2)ccc1Br. The number of nitrogens with zero attached hydrogens (tertiary/aromatic N) is 1. The molecule has 0 spiro atoms. The summed E-state index contributed by atoms with van der Waals surface area (Å²) in [5.41, 5.74) is 1.44. The fourth-order valence-electron chi connectivity index (χ4n) is 2.68. The van der Waals surface area contributed by atoms with Gasteiger partial charge < -0.3 is 4.52 Å². The molecule has 3 aromatic rings. The van der Waals surface area contributed by atoms with E-state index in [1.165, 1.54) is 6.07 Å². The van der Waals surface area contributed by atoms with E-state index >= 15 is 0 Å². The third-order valence-electron chi connectivity index (χ3n) is 3.97. The highest BCUT2D eigenvalue weighted by atomic mass is 79.9. The van der Waals surface area contributed by atoms with Crippen molar-refractivity contribution in [2.24, 2.45) is 0 Å². The maximum atomic E-state index is 14.3. The summed E-state index contributed by atoms with van der Waals surface area (Å²) in [5, 5.41) is 3.74. The van der Waals surface area contributed by atoms with Crippen molar-refractivity contribution in [2.75, 3.05) is 6.26 Å². The number of aromatic nitrogens is 1. The van der Waals surface area contributed by atoms with E-state index in [0.29, 0.717) is 5.56 Å². The Morgan fingerprint density at radius 2 is 1.78 bits per heavy atom. The standard InChI is InChI=1S/C18H13BrF3NO3S/c1-9-7-11(3-5-12(9)19)16-15(17(18(21)22)26-23-16)10-4-6-14(13(20)8-10)27(2,24)25/h3-8,18H,1-2H3. The van der Waals surface area contributed by atoms with Gasteiger partial charge in [-0.3, -0.25) is 0 Å². The Labute approximate surface area is 162 Å². The zero-order valence-corrected chi connectivity index (χ0v) is 16.5. The minimum absolute atomic E-state index is 0.0482. The molecular weight excluding hydrogens is 447 g/mol. The van der Waals surface area contributed by atoms with Gasteiger partial charge >= 0.3 is 0 Å². The van der Waals surface area contributed by atoms with Crippen molar-refractivity contribution in [2.45, 2.75) is 18.2 Å². The molecule has 142 valence electrons. The van der Waals surface area contributed by atoms with Gasteiger partial charge in [0, 0.05) is 16.3 Å². The fourth-order valence-corrected chi connectivity index (χ4v) is 3.65. The molecule has 3 rings (SSSR count). The molecule has 0 saturated carbocycles. The highest BCUT2D eigenvalue weighted by Gasteiger charge is 2.27. The zero-order chi connectivity index (χ0) is 19.9. The van der Waals surface area contributed by atoms with Crippen LogP contribution in [0.4, 0.5) is 13.2 Å². The molecule has 0 N–H and O–H groups in total. The molecule has 0 aliphatic heterocycles. The van der Waals surface area contributed by atoms with E-state index in [1.807, 2.05) is 6.92 Å². The van der Waals surface area contributed by atoms with E-state index in [9.17, 15) is 21.6 Å². The molecule has 0 aliphatic carbocycles. The van der Waals surface area contributed by atoms with Crippen LogP contribution in [0.15, 0.2) is 50.3 Å². The van der Waals surface area contributed by atoms with E-state index in [0.717, 1.165) is 28.4 Å². The molecule has 9 heteroatoms. The molecule has 0 aliphatic rings. The highest BCUT2D eigenvalue weighted by molar-refractivity contribution is 9.10. The third kappa shape index (κ3) is 3.79. The lowest BCUT2D eigenvalue weighted by Gasteiger charge is -2.08. The first-order valence-electron chi connectivity index (χ1n) is 7.64. The fraction of sp³-hybridized carbons (Fsp3) is 0.167. The van der Waals surface area contributed by atoms with Gasteiger partial charge in [0.05, 0.1) is 5.56 Å². The lowest BCUT2D eigenvalue weighted by Crippen LogP contribution is -2.01. The summed E-state index contributed by atoms with van der Waals surface area (Å²) < 4.78 is 70.0. The number of hydrogen-bond acceptors (Lipinski definition) is 4. The van der Waals surface area contributed by atoms with E-state index in [2.05, 4.69) is 21.1 Å². The second-order valence-electron chi connectivity index (χ2n) is 5.95. The summed E-state index contributed by atoms with van der Waals surface area (Å²) >= 11 is 3.36. The van der Waals surface area contributed by atoms with Gasteiger partial charge in [-0.1, -0.05) is 33.2 Å². The van der Waals surface area contributed by atoms with Gasteiger partial charge in [0.2, 0.25) is 5.76 Å². The average Bonchev–Trinajstić information content (AvgIpc) is 3.01. The monoisotopic (exact) mass is 459 g/mol. The van der Waals surface area contributed by atoms with Crippen LogP contribution in [0.2, 0.25) is 0 Å². The van der Waals surface area contributed by atoms with Crippen molar-refractivity contribution in [1.82, 2.24) is 5.16 Å². The molecule has 0 radical (unpaired) electrons. The number of halogens is 4. The van der Waals surface area contributed by atoms with Crippen LogP contribution in [0, 0.1) is 12.7 Å². The van der Waals surface area contributed by atoms with Crippen LogP contribution in [0.3, 0.4) is 0 Å². The minimum atomic E-state index is -3.79. The Morgan fingerprint density at radius 3 is 2.33 bits per heavy atom. The molecule has 0 fully saturated rings. The second-order valence-corrected chi connectivity index (χ2v) is 8.79. The summed E-state index contributed by atoms with van der Waals surface area (Å²) in [5.74, 6) is -1.74. The average molecular weight is 460 g/mol. The molecule has 1 heterocycles. The lowest BCUT2D eigenvalue weighted by atomic mass is 9.98. The Bertz CT molecular complexity index is 1130. The number of aryl methyl sites for hydroxylation is 1. The van der Waals surface area contributed by atoms with E-state index in [-0.39, 0.29) is 16.8 Å². The molecule has 0 bridgehead atoms. The molecule has 27 heavy (non-hydrogen) atoms. The Hall–Kier alpha value is -2.13. The first-order chi connectivity index (χ1) is 12.6. The van der Waals surface area contributed by atoms with Crippen molar-refractivity contribution >= 4 is 25.8 Å². The molecule has 1 aromatic heterocycles. The molecule has 4 nitrogen and oxygen atoms in total.